The van der Waals surface area contributed by atoms with E-state index in [2.05, 4.69) is 37.9 Å². The van der Waals surface area contributed by atoms with Crippen molar-refractivity contribution in [3.05, 3.63) is 10.6 Å². The van der Waals surface area contributed by atoms with Crippen LogP contribution in [0.3, 0.4) is 0 Å². The number of hydrogen-bond donors (Lipinski definition) is 1. The Kier molecular flexibility index (Phi) is 5.81. The highest BCUT2D eigenvalue weighted by Gasteiger charge is 2.28. The number of rotatable bonds is 6. The molecular formula is C15H27N3OS. The van der Waals surface area contributed by atoms with Gasteiger partial charge in [-0.25, -0.2) is 4.98 Å². The van der Waals surface area contributed by atoms with Gasteiger partial charge in [0.2, 0.25) is 0 Å². The van der Waals surface area contributed by atoms with Crippen LogP contribution in [0.25, 0.3) is 0 Å². The average molecular weight is 297 g/mol. The molecule has 1 N–H and O–H groups in total. The van der Waals surface area contributed by atoms with Gasteiger partial charge in [0.25, 0.3) is 0 Å². The second-order valence-corrected chi connectivity index (χ2v) is 6.60. The Hall–Kier alpha value is -0.650. The maximum atomic E-state index is 5.77. The summed E-state index contributed by atoms with van der Waals surface area (Å²) >= 11 is 1.83. The van der Waals surface area contributed by atoms with Crippen molar-refractivity contribution in [3.63, 3.8) is 0 Å². The Balaban J connectivity index is 2.08. The highest BCUT2D eigenvalue weighted by atomic mass is 32.1. The Morgan fingerprint density at radius 3 is 2.95 bits per heavy atom. The summed E-state index contributed by atoms with van der Waals surface area (Å²) in [6.45, 7) is 12.5. The Morgan fingerprint density at radius 1 is 1.45 bits per heavy atom. The van der Waals surface area contributed by atoms with Crippen LogP contribution in [-0.2, 0) is 11.3 Å². The molecule has 4 nitrogen and oxygen atoms in total. The van der Waals surface area contributed by atoms with Crippen LogP contribution in [0.1, 0.15) is 44.2 Å². The van der Waals surface area contributed by atoms with E-state index in [1.807, 2.05) is 11.3 Å². The van der Waals surface area contributed by atoms with Crippen molar-refractivity contribution in [2.24, 2.45) is 0 Å². The van der Waals surface area contributed by atoms with Crippen molar-refractivity contribution in [1.82, 2.24) is 10.3 Å². The lowest BCUT2D eigenvalue weighted by Crippen LogP contribution is -2.48. The van der Waals surface area contributed by atoms with Crippen LogP contribution >= 0.6 is 11.3 Å². The first kappa shape index (κ1) is 15.7. The summed E-state index contributed by atoms with van der Waals surface area (Å²) in [6.07, 6.45) is 2.57. The van der Waals surface area contributed by atoms with Crippen LogP contribution in [0.4, 0.5) is 5.13 Å². The molecule has 114 valence electrons. The smallest absolute Gasteiger partial charge is 0.186 e. The van der Waals surface area contributed by atoms with Crippen molar-refractivity contribution in [3.8, 4) is 0 Å². The first-order valence-electron chi connectivity index (χ1n) is 7.70. The predicted octanol–water partition coefficient (Wildman–Crippen LogP) is 2.95. The molecule has 0 spiro atoms. The fourth-order valence-electron chi connectivity index (χ4n) is 2.49. The van der Waals surface area contributed by atoms with Gasteiger partial charge in [-0.3, -0.25) is 0 Å². The maximum absolute atomic E-state index is 5.77. The Morgan fingerprint density at radius 2 is 2.25 bits per heavy atom. The molecule has 1 saturated heterocycles. The Labute approximate surface area is 126 Å². The number of hydrogen-bond acceptors (Lipinski definition) is 5. The van der Waals surface area contributed by atoms with Crippen LogP contribution < -0.4 is 10.2 Å². The zero-order valence-electron chi connectivity index (χ0n) is 13.1. The van der Waals surface area contributed by atoms with Crippen molar-refractivity contribution >= 4 is 16.5 Å². The van der Waals surface area contributed by atoms with Gasteiger partial charge >= 0.3 is 0 Å². The molecule has 0 bridgehead atoms. The summed E-state index contributed by atoms with van der Waals surface area (Å²) in [6, 6.07) is 0.466. The summed E-state index contributed by atoms with van der Waals surface area (Å²) in [5, 5.41) is 4.63. The SMILES string of the molecule is CCCNCc1sc(N2CC(C)OCC2CC)nc1C. The fraction of sp³-hybridized carbons (Fsp3) is 0.800. The molecular weight excluding hydrogens is 270 g/mol. The van der Waals surface area contributed by atoms with Crippen molar-refractivity contribution in [2.45, 2.75) is 59.2 Å². The number of anilines is 1. The van der Waals surface area contributed by atoms with Crippen LogP contribution in [0.2, 0.25) is 0 Å². The number of nitrogens with zero attached hydrogens (tertiary/aromatic N) is 2. The minimum Gasteiger partial charge on any atom is -0.375 e. The van der Waals surface area contributed by atoms with E-state index in [1.54, 1.807) is 0 Å². The van der Waals surface area contributed by atoms with E-state index in [4.69, 9.17) is 9.72 Å². The lowest BCUT2D eigenvalue weighted by molar-refractivity contribution is 0.0299. The van der Waals surface area contributed by atoms with Gasteiger partial charge in [0.05, 0.1) is 24.4 Å². The number of aryl methyl sites for hydroxylation is 1. The van der Waals surface area contributed by atoms with E-state index in [0.717, 1.165) is 37.8 Å². The van der Waals surface area contributed by atoms with Gasteiger partial charge in [-0.15, -0.1) is 11.3 Å². The minimum atomic E-state index is 0.295. The molecule has 1 aromatic rings. The van der Waals surface area contributed by atoms with Gasteiger partial charge in [0.15, 0.2) is 5.13 Å². The molecule has 1 fully saturated rings. The lowest BCUT2D eigenvalue weighted by atomic mass is 10.1. The van der Waals surface area contributed by atoms with Crippen LogP contribution in [0, 0.1) is 6.92 Å². The van der Waals surface area contributed by atoms with E-state index in [0.29, 0.717) is 12.1 Å². The number of nitrogens with one attached hydrogen (secondary N) is 1. The second-order valence-electron chi connectivity index (χ2n) is 5.54. The highest BCUT2D eigenvalue weighted by Crippen LogP contribution is 2.30. The van der Waals surface area contributed by atoms with E-state index in [9.17, 15) is 0 Å². The normalized spacial score (nSPS) is 23.3. The standard InChI is InChI=1S/C15H27N3OS/c1-5-7-16-8-14-12(4)17-15(20-14)18-9-11(3)19-10-13(18)6-2/h11,13,16H,5-10H2,1-4H3. The van der Waals surface area contributed by atoms with Gasteiger partial charge in [-0.1, -0.05) is 13.8 Å². The molecule has 1 aliphatic heterocycles. The summed E-state index contributed by atoms with van der Waals surface area (Å²) in [5.41, 5.74) is 1.17. The minimum absolute atomic E-state index is 0.295. The van der Waals surface area contributed by atoms with Gasteiger partial charge in [-0.05, 0) is 33.2 Å². The number of ether oxygens (including phenoxy) is 1. The molecule has 0 saturated carbocycles. The molecule has 1 aliphatic rings. The second kappa shape index (κ2) is 7.38. The topological polar surface area (TPSA) is 37.4 Å². The van der Waals surface area contributed by atoms with Gasteiger partial charge < -0.3 is 15.0 Å². The molecule has 0 amide bonds. The molecule has 2 atom stereocenters. The highest BCUT2D eigenvalue weighted by molar-refractivity contribution is 7.15. The van der Waals surface area contributed by atoms with Crippen LogP contribution in [0.5, 0.6) is 0 Å². The third-order valence-corrected chi connectivity index (χ3v) is 4.97. The van der Waals surface area contributed by atoms with E-state index in [1.165, 1.54) is 17.0 Å². The van der Waals surface area contributed by atoms with Crippen LogP contribution in [0.15, 0.2) is 0 Å². The summed E-state index contributed by atoms with van der Waals surface area (Å²) in [5.74, 6) is 0. The zero-order chi connectivity index (χ0) is 14.5. The van der Waals surface area contributed by atoms with Gasteiger partial charge in [-0.2, -0.15) is 0 Å². The molecule has 20 heavy (non-hydrogen) atoms. The largest absolute Gasteiger partial charge is 0.375 e. The number of aromatic nitrogens is 1. The number of morpholine rings is 1. The van der Waals surface area contributed by atoms with Gasteiger partial charge in [0.1, 0.15) is 0 Å². The van der Waals surface area contributed by atoms with Crippen molar-refractivity contribution in [1.29, 1.82) is 0 Å². The summed E-state index contributed by atoms with van der Waals surface area (Å²) in [7, 11) is 0. The van der Waals surface area contributed by atoms with Crippen LogP contribution in [-0.4, -0.2) is 36.8 Å². The third kappa shape index (κ3) is 3.71. The number of thiazole rings is 1. The molecule has 2 heterocycles. The van der Waals surface area contributed by atoms with E-state index >= 15 is 0 Å². The molecule has 0 radical (unpaired) electrons. The zero-order valence-corrected chi connectivity index (χ0v) is 13.9. The molecule has 2 unspecified atom stereocenters. The Bertz CT molecular complexity index is 421. The monoisotopic (exact) mass is 297 g/mol. The van der Waals surface area contributed by atoms with E-state index < -0.39 is 0 Å². The maximum Gasteiger partial charge on any atom is 0.186 e. The first-order valence-corrected chi connectivity index (χ1v) is 8.52. The molecule has 1 aromatic heterocycles. The summed E-state index contributed by atoms with van der Waals surface area (Å²) in [4.78, 5) is 8.60. The van der Waals surface area contributed by atoms with Crippen molar-refractivity contribution < 1.29 is 4.74 Å². The first-order chi connectivity index (χ1) is 9.65. The quantitative estimate of drug-likeness (QED) is 0.819. The fourth-order valence-corrected chi connectivity index (χ4v) is 3.61. The predicted molar refractivity (Wildman–Crippen MR) is 85.7 cm³/mol. The van der Waals surface area contributed by atoms with Gasteiger partial charge in [0, 0.05) is 18.0 Å². The summed E-state index contributed by atoms with van der Waals surface area (Å²) < 4.78 is 5.77. The molecule has 2 rings (SSSR count). The van der Waals surface area contributed by atoms with Crippen molar-refractivity contribution in [2.75, 3.05) is 24.6 Å². The lowest BCUT2D eigenvalue weighted by Gasteiger charge is -2.38. The molecule has 0 aliphatic carbocycles. The average Bonchev–Trinajstić information content (AvgIpc) is 2.80. The third-order valence-electron chi connectivity index (χ3n) is 3.78. The molecule has 5 heteroatoms. The molecule has 0 aromatic carbocycles. The van der Waals surface area contributed by atoms with E-state index in [-0.39, 0.29) is 0 Å².